The van der Waals surface area contributed by atoms with Gasteiger partial charge in [-0.1, -0.05) is 58.0 Å². The van der Waals surface area contributed by atoms with Crippen LogP contribution in [0.3, 0.4) is 0 Å². The number of nitrogens with one attached hydrogen (secondary N) is 2. The van der Waals surface area contributed by atoms with Crippen LogP contribution in [0.4, 0.5) is 4.79 Å². The van der Waals surface area contributed by atoms with E-state index in [9.17, 15) is 14.4 Å². The molecule has 0 spiro atoms. The summed E-state index contributed by atoms with van der Waals surface area (Å²) in [5.41, 5.74) is 0.575. The summed E-state index contributed by atoms with van der Waals surface area (Å²) in [5.74, 6) is -0.243. The Hall–Kier alpha value is -2.61. The lowest BCUT2D eigenvalue weighted by atomic mass is 9.77. The van der Waals surface area contributed by atoms with Gasteiger partial charge < -0.3 is 24.8 Å². The van der Waals surface area contributed by atoms with Crippen molar-refractivity contribution in [2.75, 3.05) is 19.8 Å². The van der Waals surface area contributed by atoms with Crippen LogP contribution in [0.1, 0.15) is 65.9 Å². The Labute approximate surface area is 203 Å². The van der Waals surface area contributed by atoms with Gasteiger partial charge in [0.15, 0.2) is 6.23 Å². The van der Waals surface area contributed by atoms with Crippen molar-refractivity contribution in [1.82, 2.24) is 10.6 Å². The molecule has 0 saturated carbocycles. The number of carbonyl (C=O) groups excluding carboxylic acids is 3. The van der Waals surface area contributed by atoms with Crippen molar-refractivity contribution in [2.24, 2.45) is 17.3 Å². The molecule has 2 rings (SSSR count). The van der Waals surface area contributed by atoms with Gasteiger partial charge in [0.2, 0.25) is 0 Å². The predicted molar refractivity (Wildman–Crippen MR) is 129 cm³/mol. The largest absolute Gasteiger partial charge is 0.463 e. The predicted octanol–water partition coefficient (Wildman–Crippen LogP) is 4.00. The standard InChI is InChI=1S/C26H40N2O6/c1-7-26(6,15-17(2)21-11-9-8-10-12-21)24(30)32-14-13-27-25(31)28-23-22(34-20(5)29)19(4)18(3)16-33-23/h8-12,17-19,22-23H,7,13-16H2,1-6H3,(H2,27,28,31). The van der Waals surface area contributed by atoms with E-state index in [-0.39, 0.29) is 36.9 Å². The number of carbonyl (C=O) groups is 3. The van der Waals surface area contributed by atoms with Crippen LogP contribution < -0.4 is 10.6 Å². The smallest absolute Gasteiger partial charge is 0.317 e. The second-order valence-electron chi connectivity index (χ2n) is 9.63. The lowest BCUT2D eigenvalue weighted by Gasteiger charge is -2.39. The molecule has 34 heavy (non-hydrogen) atoms. The third-order valence-corrected chi connectivity index (χ3v) is 6.85. The minimum absolute atomic E-state index is 0.0360. The Bertz CT molecular complexity index is 817. The zero-order chi connectivity index (χ0) is 25.3. The molecular formula is C26H40N2O6. The first-order valence-electron chi connectivity index (χ1n) is 12.1. The van der Waals surface area contributed by atoms with Crippen molar-refractivity contribution in [3.63, 3.8) is 0 Å². The fourth-order valence-corrected chi connectivity index (χ4v) is 4.20. The van der Waals surface area contributed by atoms with Crippen LogP contribution in [0.5, 0.6) is 0 Å². The summed E-state index contributed by atoms with van der Waals surface area (Å²) >= 11 is 0. The fourth-order valence-electron chi connectivity index (χ4n) is 4.20. The molecule has 1 fully saturated rings. The van der Waals surface area contributed by atoms with E-state index in [1.165, 1.54) is 12.5 Å². The average molecular weight is 477 g/mol. The molecule has 0 radical (unpaired) electrons. The Kier molecular flexibility index (Phi) is 10.4. The van der Waals surface area contributed by atoms with Crippen molar-refractivity contribution >= 4 is 18.0 Å². The van der Waals surface area contributed by atoms with Gasteiger partial charge in [-0.25, -0.2) is 4.79 Å². The van der Waals surface area contributed by atoms with Crippen molar-refractivity contribution in [3.05, 3.63) is 35.9 Å². The van der Waals surface area contributed by atoms with Crippen LogP contribution in [0.25, 0.3) is 0 Å². The highest BCUT2D eigenvalue weighted by molar-refractivity contribution is 5.77. The molecule has 6 unspecified atom stereocenters. The maximum atomic E-state index is 12.8. The monoisotopic (exact) mass is 476 g/mol. The van der Waals surface area contributed by atoms with Crippen molar-refractivity contribution in [2.45, 2.75) is 72.6 Å². The minimum Gasteiger partial charge on any atom is -0.463 e. The molecule has 6 atom stereocenters. The molecule has 1 heterocycles. The van der Waals surface area contributed by atoms with Crippen LogP contribution in [0, 0.1) is 17.3 Å². The molecular weight excluding hydrogens is 436 g/mol. The maximum absolute atomic E-state index is 12.8. The van der Waals surface area contributed by atoms with E-state index in [0.29, 0.717) is 19.4 Å². The summed E-state index contributed by atoms with van der Waals surface area (Å²) in [6.07, 6.45) is 0.0273. The lowest BCUT2D eigenvalue weighted by molar-refractivity contribution is -0.179. The Morgan fingerprint density at radius 1 is 1.21 bits per heavy atom. The van der Waals surface area contributed by atoms with Gasteiger partial charge >= 0.3 is 18.0 Å². The number of ether oxygens (including phenoxy) is 3. The molecule has 0 aromatic heterocycles. The first kappa shape index (κ1) is 27.6. The Morgan fingerprint density at radius 2 is 1.88 bits per heavy atom. The SMILES string of the molecule is CCC(C)(CC(C)c1ccccc1)C(=O)OCCNC(=O)NC1OCC(C)C(C)C1OC(C)=O. The van der Waals surface area contributed by atoms with Gasteiger partial charge in [0, 0.05) is 12.8 Å². The molecule has 0 bridgehead atoms. The van der Waals surface area contributed by atoms with Crippen LogP contribution in [-0.4, -0.2) is 50.1 Å². The number of rotatable bonds is 10. The molecule has 1 aromatic carbocycles. The first-order valence-corrected chi connectivity index (χ1v) is 12.1. The molecule has 2 amide bonds. The van der Waals surface area contributed by atoms with Crippen molar-refractivity contribution in [1.29, 1.82) is 0 Å². The number of benzene rings is 1. The lowest BCUT2D eigenvalue weighted by Crippen LogP contribution is -2.56. The van der Waals surface area contributed by atoms with E-state index < -0.39 is 29.7 Å². The van der Waals surface area contributed by atoms with E-state index in [1.54, 1.807) is 0 Å². The van der Waals surface area contributed by atoms with Crippen LogP contribution >= 0.6 is 0 Å². The summed E-state index contributed by atoms with van der Waals surface area (Å²) < 4.78 is 16.6. The van der Waals surface area contributed by atoms with Gasteiger partial charge in [-0.2, -0.15) is 0 Å². The zero-order valence-electron chi connectivity index (χ0n) is 21.3. The second-order valence-corrected chi connectivity index (χ2v) is 9.63. The first-order chi connectivity index (χ1) is 16.1. The molecule has 1 aromatic rings. The fraction of sp³-hybridized carbons (Fsp3) is 0.654. The van der Waals surface area contributed by atoms with Gasteiger partial charge in [0.1, 0.15) is 12.7 Å². The molecule has 8 heteroatoms. The van der Waals surface area contributed by atoms with Gasteiger partial charge in [-0.3, -0.25) is 9.59 Å². The molecule has 8 nitrogen and oxygen atoms in total. The molecule has 190 valence electrons. The summed E-state index contributed by atoms with van der Waals surface area (Å²) in [4.78, 5) is 36.6. The highest BCUT2D eigenvalue weighted by atomic mass is 16.6. The van der Waals surface area contributed by atoms with Gasteiger partial charge in [0.05, 0.1) is 18.6 Å². The van der Waals surface area contributed by atoms with E-state index >= 15 is 0 Å². The Balaban J connectivity index is 1.80. The molecule has 1 aliphatic rings. The van der Waals surface area contributed by atoms with Crippen molar-refractivity contribution < 1.29 is 28.6 Å². The second kappa shape index (κ2) is 12.7. The van der Waals surface area contributed by atoms with Gasteiger partial charge in [-0.15, -0.1) is 0 Å². The van der Waals surface area contributed by atoms with Gasteiger partial charge in [-0.05, 0) is 37.2 Å². The third kappa shape index (κ3) is 7.72. The number of esters is 2. The van der Waals surface area contributed by atoms with Gasteiger partial charge in [0.25, 0.3) is 0 Å². The summed E-state index contributed by atoms with van der Waals surface area (Å²) in [5, 5.41) is 5.38. The van der Waals surface area contributed by atoms with E-state index in [1.807, 2.05) is 45.9 Å². The Morgan fingerprint density at radius 3 is 2.50 bits per heavy atom. The number of amides is 2. The minimum atomic E-state index is -0.736. The average Bonchev–Trinajstić information content (AvgIpc) is 2.81. The highest BCUT2D eigenvalue weighted by Crippen LogP contribution is 2.35. The molecule has 2 N–H and O–H groups in total. The molecule has 1 saturated heterocycles. The van der Waals surface area contributed by atoms with E-state index in [2.05, 4.69) is 29.7 Å². The summed E-state index contributed by atoms with van der Waals surface area (Å²) in [6.45, 7) is 12.0. The van der Waals surface area contributed by atoms with Crippen LogP contribution in [-0.2, 0) is 23.8 Å². The van der Waals surface area contributed by atoms with E-state index in [0.717, 1.165) is 0 Å². The number of hydrogen-bond acceptors (Lipinski definition) is 6. The molecule has 1 aliphatic heterocycles. The van der Waals surface area contributed by atoms with Crippen LogP contribution in [0.2, 0.25) is 0 Å². The zero-order valence-corrected chi connectivity index (χ0v) is 21.3. The topological polar surface area (TPSA) is 103 Å². The number of hydrogen-bond donors (Lipinski definition) is 2. The van der Waals surface area contributed by atoms with Crippen LogP contribution in [0.15, 0.2) is 30.3 Å². The van der Waals surface area contributed by atoms with Crippen molar-refractivity contribution in [3.8, 4) is 0 Å². The molecule has 0 aliphatic carbocycles. The van der Waals surface area contributed by atoms with E-state index in [4.69, 9.17) is 14.2 Å². The summed E-state index contributed by atoms with van der Waals surface area (Å²) in [6, 6.07) is 9.63. The summed E-state index contributed by atoms with van der Waals surface area (Å²) in [7, 11) is 0. The third-order valence-electron chi connectivity index (χ3n) is 6.85. The maximum Gasteiger partial charge on any atom is 0.317 e. The number of urea groups is 1. The highest BCUT2D eigenvalue weighted by Gasteiger charge is 2.39. The quantitative estimate of drug-likeness (QED) is 0.391. The normalized spacial score (nSPS) is 24.9.